The first-order valence-corrected chi connectivity index (χ1v) is 3.23. The quantitative estimate of drug-likeness (QED) is 0.501. The summed E-state index contributed by atoms with van der Waals surface area (Å²) >= 11 is 0. The normalized spacial score (nSPS) is 7.90. The van der Waals surface area contributed by atoms with Crippen molar-refractivity contribution in [2.75, 3.05) is 0 Å². The lowest BCUT2D eigenvalue weighted by molar-refractivity contribution is 0.767. The van der Waals surface area contributed by atoms with Crippen molar-refractivity contribution in [2.45, 2.75) is 13.8 Å². The van der Waals surface area contributed by atoms with E-state index in [1.807, 2.05) is 33.3 Å². The number of hydrogen-bond acceptors (Lipinski definition) is 1. The highest BCUT2D eigenvalue weighted by Gasteiger charge is 1.81. The average Bonchev–Trinajstić information content (AvgIpc) is 2.17. The van der Waals surface area contributed by atoms with Crippen molar-refractivity contribution in [3.05, 3.63) is 30.6 Å². The maximum atomic E-state index is 3.93. The van der Waals surface area contributed by atoms with Gasteiger partial charge in [0.1, 0.15) is 0 Å². The van der Waals surface area contributed by atoms with E-state index in [0.29, 0.717) is 0 Å². The first-order valence-electron chi connectivity index (χ1n) is 3.23. The zero-order valence-electron chi connectivity index (χ0n) is 6.83. The highest BCUT2D eigenvalue weighted by atomic mass is 15.2. The van der Waals surface area contributed by atoms with Gasteiger partial charge >= 0.3 is 0 Å². The van der Waals surface area contributed by atoms with Gasteiger partial charge in [-0.3, -0.25) is 4.68 Å². The summed E-state index contributed by atoms with van der Waals surface area (Å²) in [6.07, 6.45) is 5.56. The van der Waals surface area contributed by atoms with E-state index in [0.717, 1.165) is 0 Å². The molecule has 2 heteroatoms. The van der Waals surface area contributed by atoms with E-state index < -0.39 is 0 Å². The molecule has 56 valence electrons. The molecule has 0 bridgehead atoms. The van der Waals surface area contributed by atoms with Gasteiger partial charge in [-0.05, 0) is 19.4 Å². The van der Waals surface area contributed by atoms with E-state index in [2.05, 4.69) is 11.7 Å². The molecule has 1 heterocycles. The lowest BCUT2D eigenvalue weighted by Gasteiger charge is -1.78. The molecule has 2 nitrogen and oxygen atoms in total. The van der Waals surface area contributed by atoms with Crippen LogP contribution < -0.4 is 0 Å². The highest BCUT2D eigenvalue weighted by Crippen LogP contribution is 1.88. The minimum Gasteiger partial charge on any atom is -0.276 e. The van der Waals surface area contributed by atoms with Crippen molar-refractivity contribution >= 4 is 0 Å². The van der Waals surface area contributed by atoms with Crippen molar-refractivity contribution < 1.29 is 0 Å². The molecule has 0 fully saturated rings. The zero-order valence-corrected chi connectivity index (χ0v) is 6.83. The van der Waals surface area contributed by atoms with Gasteiger partial charge in [0, 0.05) is 13.2 Å². The Balaban J connectivity index is 0.000000236. The van der Waals surface area contributed by atoms with E-state index in [1.165, 1.54) is 5.56 Å². The Hall–Kier alpha value is -1.05. The summed E-state index contributed by atoms with van der Waals surface area (Å²) in [4.78, 5) is 0. The standard InChI is InChI=1S/C5H8N2.C3H6/c1-5-3-6-7(2)4-5;1-3-2/h3-4H,1-2H3;3H,1H2,2H3. The SMILES string of the molecule is C=CC.Cc1cnn(C)c1. The first-order chi connectivity index (χ1) is 4.70. The second kappa shape index (κ2) is 4.79. The molecule has 0 atom stereocenters. The Morgan fingerprint density at radius 1 is 1.70 bits per heavy atom. The van der Waals surface area contributed by atoms with Crippen LogP contribution in [0.5, 0.6) is 0 Å². The summed E-state index contributed by atoms with van der Waals surface area (Å²) in [6, 6.07) is 0. The highest BCUT2D eigenvalue weighted by molar-refractivity contribution is 4.98. The van der Waals surface area contributed by atoms with Gasteiger partial charge in [-0.2, -0.15) is 5.10 Å². The van der Waals surface area contributed by atoms with Crippen LogP contribution in [0, 0.1) is 6.92 Å². The molecule has 0 radical (unpaired) electrons. The summed E-state index contributed by atoms with van der Waals surface area (Å²) in [5.41, 5.74) is 1.21. The molecule has 0 saturated heterocycles. The number of nitrogens with zero attached hydrogens (tertiary/aromatic N) is 2. The lowest BCUT2D eigenvalue weighted by atomic mass is 10.4. The summed E-state index contributed by atoms with van der Waals surface area (Å²) < 4.78 is 1.79. The molecular weight excluding hydrogens is 124 g/mol. The number of aromatic nitrogens is 2. The van der Waals surface area contributed by atoms with Gasteiger partial charge in [0.15, 0.2) is 0 Å². The van der Waals surface area contributed by atoms with Crippen LogP contribution in [0.1, 0.15) is 12.5 Å². The number of rotatable bonds is 0. The summed E-state index contributed by atoms with van der Waals surface area (Å²) in [6.45, 7) is 7.27. The molecule has 0 N–H and O–H groups in total. The Morgan fingerprint density at radius 2 is 2.20 bits per heavy atom. The Bertz CT molecular complexity index is 172. The number of hydrogen-bond donors (Lipinski definition) is 0. The molecule has 1 aromatic heterocycles. The van der Waals surface area contributed by atoms with Gasteiger partial charge in [0.2, 0.25) is 0 Å². The minimum absolute atomic E-state index is 1.21. The third-order valence-corrected chi connectivity index (χ3v) is 0.834. The smallest absolute Gasteiger partial charge is 0.0518 e. The van der Waals surface area contributed by atoms with Gasteiger partial charge < -0.3 is 0 Å². The molecule has 0 spiro atoms. The fraction of sp³-hybridized carbons (Fsp3) is 0.375. The fourth-order valence-corrected chi connectivity index (χ4v) is 0.544. The predicted octanol–water partition coefficient (Wildman–Crippen LogP) is 1.92. The third-order valence-electron chi connectivity index (χ3n) is 0.834. The molecule has 0 aromatic carbocycles. The van der Waals surface area contributed by atoms with E-state index in [4.69, 9.17) is 0 Å². The van der Waals surface area contributed by atoms with Crippen LogP contribution in [0.25, 0.3) is 0 Å². The number of allylic oxidation sites excluding steroid dienone is 1. The maximum Gasteiger partial charge on any atom is 0.0518 e. The molecule has 10 heavy (non-hydrogen) atoms. The molecule has 1 aromatic rings. The predicted molar refractivity (Wildman–Crippen MR) is 43.8 cm³/mol. The van der Waals surface area contributed by atoms with E-state index >= 15 is 0 Å². The number of aryl methyl sites for hydroxylation is 2. The Labute approximate surface area is 62.2 Å². The van der Waals surface area contributed by atoms with Crippen molar-refractivity contribution in [1.29, 1.82) is 0 Å². The van der Waals surface area contributed by atoms with Gasteiger partial charge in [-0.25, -0.2) is 0 Å². The molecule has 0 aliphatic heterocycles. The van der Waals surface area contributed by atoms with Crippen LogP contribution in [0.3, 0.4) is 0 Å². The molecule has 1 rings (SSSR count). The van der Waals surface area contributed by atoms with E-state index in [1.54, 1.807) is 10.8 Å². The van der Waals surface area contributed by atoms with Gasteiger partial charge in [-0.15, -0.1) is 6.58 Å². The molecular formula is C8H14N2. The molecule has 0 unspecified atom stereocenters. The van der Waals surface area contributed by atoms with Crippen LogP contribution in [-0.2, 0) is 7.05 Å². The molecule has 0 aliphatic carbocycles. The van der Waals surface area contributed by atoms with Crippen LogP contribution in [0.4, 0.5) is 0 Å². The molecule has 0 saturated carbocycles. The van der Waals surface area contributed by atoms with Crippen molar-refractivity contribution in [2.24, 2.45) is 7.05 Å². The van der Waals surface area contributed by atoms with Crippen molar-refractivity contribution in [1.82, 2.24) is 9.78 Å². The largest absolute Gasteiger partial charge is 0.276 e. The van der Waals surface area contributed by atoms with Gasteiger partial charge in [0.05, 0.1) is 6.20 Å². The minimum atomic E-state index is 1.21. The Kier molecular flexibility index (Phi) is 4.29. The van der Waals surface area contributed by atoms with Gasteiger partial charge in [0.25, 0.3) is 0 Å². The molecule has 0 amide bonds. The first kappa shape index (κ1) is 8.95. The van der Waals surface area contributed by atoms with Crippen LogP contribution in [0.15, 0.2) is 25.0 Å². The second-order valence-corrected chi connectivity index (χ2v) is 2.10. The monoisotopic (exact) mass is 138 g/mol. The van der Waals surface area contributed by atoms with E-state index in [9.17, 15) is 0 Å². The van der Waals surface area contributed by atoms with Crippen LogP contribution >= 0.6 is 0 Å². The second-order valence-electron chi connectivity index (χ2n) is 2.10. The zero-order chi connectivity index (χ0) is 7.98. The van der Waals surface area contributed by atoms with E-state index in [-0.39, 0.29) is 0 Å². The van der Waals surface area contributed by atoms with Crippen LogP contribution in [-0.4, -0.2) is 9.78 Å². The van der Waals surface area contributed by atoms with Crippen molar-refractivity contribution in [3.8, 4) is 0 Å². The third kappa shape index (κ3) is 3.89. The summed E-state index contributed by atoms with van der Waals surface area (Å²) in [5.74, 6) is 0. The topological polar surface area (TPSA) is 17.8 Å². The maximum absolute atomic E-state index is 3.93. The average molecular weight is 138 g/mol. The lowest BCUT2D eigenvalue weighted by Crippen LogP contribution is -1.83. The van der Waals surface area contributed by atoms with Crippen molar-refractivity contribution in [3.63, 3.8) is 0 Å². The summed E-state index contributed by atoms with van der Waals surface area (Å²) in [5, 5.41) is 3.93. The summed E-state index contributed by atoms with van der Waals surface area (Å²) in [7, 11) is 1.91. The Morgan fingerprint density at radius 3 is 2.30 bits per heavy atom. The fourth-order valence-electron chi connectivity index (χ4n) is 0.544. The van der Waals surface area contributed by atoms with Crippen LogP contribution in [0.2, 0.25) is 0 Å². The van der Waals surface area contributed by atoms with Gasteiger partial charge in [-0.1, -0.05) is 6.08 Å². The molecule has 0 aliphatic rings.